The summed E-state index contributed by atoms with van der Waals surface area (Å²) in [6, 6.07) is 41.4. The first-order valence-electron chi connectivity index (χ1n) is 13.6. The fourth-order valence-electron chi connectivity index (χ4n) is 4.48. The molecule has 1 heterocycles. The van der Waals surface area contributed by atoms with Gasteiger partial charge >= 0.3 is 0 Å². The number of aromatic nitrogens is 2. The van der Waals surface area contributed by atoms with Gasteiger partial charge in [0.25, 0.3) is 5.91 Å². The molecule has 0 unspecified atom stereocenters. The Morgan fingerprint density at radius 3 is 2.24 bits per heavy atom. The van der Waals surface area contributed by atoms with E-state index in [-0.39, 0.29) is 12.5 Å². The topological polar surface area (TPSA) is 77.7 Å². The Labute approximate surface area is 243 Å². The fourth-order valence-corrected chi connectivity index (χ4v) is 4.48. The second kappa shape index (κ2) is 12.7. The van der Waals surface area contributed by atoms with Crippen molar-refractivity contribution in [1.29, 1.82) is 0 Å². The van der Waals surface area contributed by atoms with Crippen molar-refractivity contribution in [1.82, 2.24) is 15.2 Å². The van der Waals surface area contributed by atoms with Crippen LogP contribution in [0.15, 0.2) is 139 Å². The molecule has 0 spiro atoms. The molecule has 0 saturated carbocycles. The van der Waals surface area contributed by atoms with Crippen molar-refractivity contribution in [2.24, 2.45) is 5.10 Å². The van der Waals surface area contributed by atoms with Crippen LogP contribution in [-0.2, 0) is 11.4 Å². The van der Waals surface area contributed by atoms with Gasteiger partial charge in [-0.3, -0.25) is 4.79 Å². The molecule has 0 bridgehead atoms. The van der Waals surface area contributed by atoms with Gasteiger partial charge in [-0.2, -0.15) is 10.2 Å². The maximum Gasteiger partial charge on any atom is 0.277 e. The lowest BCUT2D eigenvalue weighted by Gasteiger charge is -2.07. The van der Waals surface area contributed by atoms with E-state index in [1.165, 1.54) is 0 Å². The van der Waals surface area contributed by atoms with Crippen LogP contribution >= 0.6 is 0 Å². The SMILES string of the molecule is O=C(COc1ccc2ccccc2c1)N/N=C/c1cn(-c2ccccc2)nc1-c1ccc(OCc2ccccc2)cc1. The number of hydrogen-bond donors (Lipinski definition) is 1. The van der Waals surface area contributed by atoms with Crippen LogP contribution in [0.4, 0.5) is 0 Å². The molecular formula is C35H28N4O3. The number of hydrazone groups is 1. The number of amides is 1. The Bertz CT molecular complexity index is 1810. The molecule has 0 radical (unpaired) electrons. The predicted octanol–water partition coefficient (Wildman–Crippen LogP) is 6.80. The summed E-state index contributed by atoms with van der Waals surface area (Å²) in [5.74, 6) is 1.02. The number of rotatable bonds is 10. The summed E-state index contributed by atoms with van der Waals surface area (Å²) in [6.45, 7) is 0.335. The molecule has 6 aromatic rings. The van der Waals surface area contributed by atoms with E-state index in [1.807, 2.05) is 134 Å². The average molecular weight is 553 g/mol. The number of hydrogen-bond acceptors (Lipinski definition) is 5. The third-order valence-corrected chi connectivity index (χ3v) is 6.62. The van der Waals surface area contributed by atoms with Crippen molar-refractivity contribution in [2.45, 2.75) is 6.61 Å². The van der Waals surface area contributed by atoms with Crippen LogP contribution in [0, 0.1) is 0 Å². The summed E-state index contributed by atoms with van der Waals surface area (Å²) in [7, 11) is 0. The van der Waals surface area contributed by atoms with E-state index in [4.69, 9.17) is 14.6 Å². The monoisotopic (exact) mass is 552 g/mol. The van der Waals surface area contributed by atoms with E-state index in [0.29, 0.717) is 12.4 Å². The van der Waals surface area contributed by atoms with Crippen LogP contribution in [0.1, 0.15) is 11.1 Å². The van der Waals surface area contributed by atoms with Crippen molar-refractivity contribution in [3.63, 3.8) is 0 Å². The lowest BCUT2D eigenvalue weighted by molar-refractivity contribution is -0.123. The van der Waals surface area contributed by atoms with Gasteiger partial charge in [0, 0.05) is 17.3 Å². The first kappa shape index (κ1) is 26.5. The van der Waals surface area contributed by atoms with Gasteiger partial charge in [0.05, 0.1) is 11.9 Å². The third-order valence-electron chi connectivity index (χ3n) is 6.62. The lowest BCUT2D eigenvalue weighted by atomic mass is 10.1. The summed E-state index contributed by atoms with van der Waals surface area (Å²) in [4.78, 5) is 12.5. The number of ether oxygens (including phenoxy) is 2. The Kier molecular flexibility index (Phi) is 7.99. The van der Waals surface area contributed by atoms with Crippen molar-refractivity contribution in [3.05, 3.63) is 145 Å². The van der Waals surface area contributed by atoms with Crippen LogP contribution in [-0.4, -0.2) is 28.5 Å². The number of fused-ring (bicyclic) bond motifs is 1. The van der Waals surface area contributed by atoms with Gasteiger partial charge in [-0.1, -0.05) is 78.9 Å². The molecule has 1 N–H and O–H groups in total. The van der Waals surface area contributed by atoms with Crippen molar-refractivity contribution < 1.29 is 14.3 Å². The first-order valence-corrected chi connectivity index (χ1v) is 13.6. The number of carbonyl (C=O) groups excluding carboxylic acids is 1. The zero-order valence-electron chi connectivity index (χ0n) is 22.8. The average Bonchev–Trinajstić information content (AvgIpc) is 3.48. The Morgan fingerprint density at radius 2 is 1.45 bits per heavy atom. The fraction of sp³-hybridized carbons (Fsp3) is 0.0571. The highest BCUT2D eigenvalue weighted by Crippen LogP contribution is 2.26. The van der Waals surface area contributed by atoms with Crippen LogP contribution in [0.3, 0.4) is 0 Å². The second-order valence-electron chi connectivity index (χ2n) is 9.60. The Hall–Kier alpha value is -5.69. The standard InChI is InChI=1S/C35H28N4O3/c40-34(25-42-33-20-15-27-11-7-8-12-29(27)21-33)37-36-22-30-23-39(31-13-5-2-6-14-31)38-35(30)28-16-18-32(19-17-28)41-24-26-9-3-1-4-10-26/h1-23H,24-25H2,(H,37,40)/b36-22+. The van der Waals surface area contributed by atoms with Crippen LogP contribution < -0.4 is 14.9 Å². The maximum atomic E-state index is 12.5. The summed E-state index contributed by atoms with van der Waals surface area (Å²) in [6.07, 6.45) is 3.47. The van der Waals surface area contributed by atoms with Crippen LogP contribution in [0.2, 0.25) is 0 Å². The molecule has 0 aliphatic carbocycles. The molecule has 0 aliphatic heterocycles. The van der Waals surface area contributed by atoms with Crippen molar-refractivity contribution in [2.75, 3.05) is 6.61 Å². The van der Waals surface area contributed by atoms with Gasteiger partial charge in [-0.05, 0) is 64.9 Å². The quantitative estimate of drug-likeness (QED) is 0.150. The minimum atomic E-state index is -0.365. The predicted molar refractivity (Wildman–Crippen MR) is 165 cm³/mol. The normalized spacial score (nSPS) is 11.0. The third kappa shape index (κ3) is 6.54. The van der Waals surface area contributed by atoms with Gasteiger partial charge in [-0.15, -0.1) is 0 Å². The van der Waals surface area contributed by atoms with E-state index >= 15 is 0 Å². The molecule has 0 saturated heterocycles. The van der Waals surface area contributed by atoms with E-state index in [2.05, 4.69) is 10.5 Å². The zero-order valence-corrected chi connectivity index (χ0v) is 22.8. The summed E-state index contributed by atoms with van der Waals surface area (Å²) in [5.41, 5.74) is 6.93. The largest absolute Gasteiger partial charge is 0.489 e. The van der Waals surface area contributed by atoms with Gasteiger partial charge in [0.15, 0.2) is 6.61 Å². The molecule has 42 heavy (non-hydrogen) atoms. The number of nitrogens with one attached hydrogen (secondary N) is 1. The van der Waals surface area contributed by atoms with Crippen molar-refractivity contribution in [3.8, 4) is 28.4 Å². The van der Waals surface area contributed by atoms with E-state index in [0.717, 1.165) is 44.6 Å². The molecule has 0 atom stereocenters. The Morgan fingerprint density at radius 1 is 0.762 bits per heavy atom. The molecular weight excluding hydrogens is 524 g/mol. The van der Waals surface area contributed by atoms with Gasteiger partial charge in [-0.25, -0.2) is 10.1 Å². The molecule has 6 rings (SSSR count). The Balaban J connectivity index is 1.14. The number of carbonyl (C=O) groups is 1. The highest BCUT2D eigenvalue weighted by atomic mass is 16.5. The maximum absolute atomic E-state index is 12.5. The molecule has 0 fully saturated rings. The summed E-state index contributed by atoms with van der Waals surface area (Å²) >= 11 is 0. The molecule has 7 nitrogen and oxygen atoms in total. The van der Waals surface area contributed by atoms with Gasteiger partial charge in [0.1, 0.15) is 23.8 Å². The van der Waals surface area contributed by atoms with Gasteiger partial charge < -0.3 is 9.47 Å². The molecule has 0 aliphatic rings. The molecule has 206 valence electrons. The number of nitrogens with zero attached hydrogens (tertiary/aromatic N) is 3. The smallest absolute Gasteiger partial charge is 0.277 e. The second-order valence-corrected chi connectivity index (χ2v) is 9.60. The number of benzene rings is 5. The minimum Gasteiger partial charge on any atom is -0.489 e. The van der Waals surface area contributed by atoms with Crippen molar-refractivity contribution >= 4 is 22.9 Å². The van der Waals surface area contributed by atoms with Crippen LogP contribution in [0.5, 0.6) is 11.5 Å². The summed E-state index contributed by atoms with van der Waals surface area (Å²) < 4.78 is 13.4. The zero-order chi connectivity index (χ0) is 28.6. The first-order chi connectivity index (χ1) is 20.7. The van der Waals surface area contributed by atoms with E-state index in [1.54, 1.807) is 10.9 Å². The van der Waals surface area contributed by atoms with E-state index < -0.39 is 0 Å². The molecule has 7 heteroatoms. The lowest BCUT2D eigenvalue weighted by Crippen LogP contribution is -2.24. The highest BCUT2D eigenvalue weighted by molar-refractivity contribution is 5.90. The summed E-state index contributed by atoms with van der Waals surface area (Å²) in [5, 5.41) is 11.2. The van der Waals surface area contributed by atoms with E-state index in [9.17, 15) is 4.79 Å². The molecule has 5 aromatic carbocycles. The molecule has 1 aromatic heterocycles. The number of para-hydroxylation sites is 1. The molecule has 1 amide bonds. The minimum absolute atomic E-state index is 0.156. The highest BCUT2D eigenvalue weighted by Gasteiger charge is 2.12. The van der Waals surface area contributed by atoms with Crippen LogP contribution in [0.25, 0.3) is 27.7 Å². The van der Waals surface area contributed by atoms with Gasteiger partial charge in [0.2, 0.25) is 0 Å².